The third-order valence-corrected chi connectivity index (χ3v) is 13.1. The van der Waals surface area contributed by atoms with Gasteiger partial charge in [-0.1, -0.05) is 93.1 Å². The first-order valence-electron chi connectivity index (χ1n) is 12.8. The summed E-state index contributed by atoms with van der Waals surface area (Å²) in [4.78, 5) is 0. The molecule has 33 heavy (non-hydrogen) atoms. The molecule has 0 radical (unpaired) electrons. The third-order valence-electron chi connectivity index (χ3n) is 8.49. The van der Waals surface area contributed by atoms with Gasteiger partial charge in [0.25, 0.3) is 0 Å². The van der Waals surface area contributed by atoms with Crippen molar-refractivity contribution in [3.8, 4) is 22.3 Å². The second kappa shape index (κ2) is 7.24. The van der Waals surface area contributed by atoms with Gasteiger partial charge in [-0.05, 0) is 80.8 Å². The summed E-state index contributed by atoms with van der Waals surface area (Å²) in [6, 6.07) is 30.6. The fourth-order valence-electron chi connectivity index (χ4n) is 6.21. The molecule has 3 aliphatic heterocycles. The van der Waals surface area contributed by atoms with Crippen LogP contribution in [0.1, 0.15) is 48.6 Å². The maximum atomic E-state index is 2.49. The van der Waals surface area contributed by atoms with Crippen LogP contribution < -0.4 is 0 Å². The van der Waals surface area contributed by atoms with Crippen molar-refractivity contribution in [2.24, 2.45) is 0 Å². The van der Waals surface area contributed by atoms with Crippen LogP contribution in [0.4, 0.5) is 0 Å². The zero-order valence-corrected chi connectivity index (χ0v) is 20.5. The van der Waals surface area contributed by atoms with Crippen LogP contribution in [0.3, 0.4) is 0 Å². The van der Waals surface area contributed by atoms with Gasteiger partial charge in [0.1, 0.15) is 0 Å². The average molecular weight is 449 g/mol. The second-order valence-electron chi connectivity index (χ2n) is 10.3. The minimum Gasteiger partial charge on any atom is -0.222 e. The van der Waals surface area contributed by atoms with E-state index in [1.165, 1.54) is 68.7 Å². The van der Waals surface area contributed by atoms with E-state index >= 15 is 0 Å². The van der Waals surface area contributed by atoms with E-state index in [2.05, 4.69) is 92.7 Å². The summed E-state index contributed by atoms with van der Waals surface area (Å²) in [5.74, 6) is 1.60. The molecule has 7 rings (SSSR count). The lowest BCUT2D eigenvalue weighted by Gasteiger charge is -2.13. The van der Waals surface area contributed by atoms with Crippen LogP contribution in [0.15, 0.2) is 78.9 Å². The molecule has 4 aromatic rings. The van der Waals surface area contributed by atoms with Gasteiger partial charge in [-0.3, -0.25) is 0 Å². The summed E-state index contributed by atoms with van der Waals surface area (Å²) >= 11 is 0. The maximum absolute atomic E-state index is 2.49. The van der Waals surface area contributed by atoms with Crippen LogP contribution >= 0.6 is 10.0 Å². The first kappa shape index (κ1) is 19.9. The quantitative estimate of drug-likeness (QED) is 0.248. The second-order valence-corrected chi connectivity index (χ2v) is 14.2. The fourth-order valence-corrected chi connectivity index (χ4v) is 11.3. The molecule has 4 unspecified atom stereocenters. The molecule has 1 spiro atoms. The fraction of sp³-hybridized carbons (Fsp3) is 0.312. The number of benzene rings is 4. The number of fused-ring (bicyclic) bond motifs is 2. The van der Waals surface area contributed by atoms with Gasteiger partial charge in [-0.2, -0.15) is 0 Å². The van der Waals surface area contributed by atoms with E-state index in [1.807, 2.05) is 0 Å². The smallest absolute Gasteiger partial charge is 0.0262 e. The van der Waals surface area contributed by atoms with Crippen molar-refractivity contribution in [3.05, 3.63) is 95.6 Å². The van der Waals surface area contributed by atoms with Crippen LogP contribution in [0.5, 0.6) is 0 Å². The highest BCUT2D eigenvalue weighted by Gasteiger charge is 2.94. The largest absolute Gasteiger partial charge is 0.222 e. The monoisotopic (exact) mass is 448 g/mol. The molecule has 166 valence electrons. The molecule has 4 atom stereocenters. The van der Waals surface area contributed by atoms with Crippen molar-refractivity contribution >= 4 is 20.8 Å². The average Bonchev–Trinajstić information content (AvgIpc) is 3.80. The Kier molecular flexibility index (Phi) is 4.37. The zero-order valence-electron chi connectivity index (χ0n) is 19.7. The summed E-state index contributed by atoms with van der Waals surface area (Å²) in [6.45, 7) is 4.53. The highest BCUT2D eigenvalue weighted by molar-refractivity contribution is 8.53. The Morgan fingerprint density at radius 2 is 1.48 bits per heavy atom. The van der Waals surface area contributed by atoms with Crippen molar-refractivity contribution < 1.29 is 0 Å². The van der Waals surface area contributed by atoms with E-state index < -0.39 is 0 Å². The van der Waals surface area contributed by atoms with Crippen molar-refractivity contribution in [1.29, 1.82) is 0 Å². The lowest BCUT2D eigenvalue weighted by Crippen LogP contribution is -1.94. The topological polar surface area (TPSA) is 0 Å². The Hall–Kier alpha value is -2.51. The van der Waals surface area contributed by atoms with Gasteiger partial charge in [0, 0.05) is 15.7 Å². The predicted molar refractivity (Wildman–Crippen MR) is 146 cm³/mol. The highest BCUT2D eigenvalue weighted by atomic mass is 32.3. The van der Waals surface area contributed by atoms with E-state index in [0.717, 1.165) is 16.9 Å². The number of unbranched alkanes of at least 4 members (excludes halogenated alkanes) is 1. The normalized spacial score (nSPS) is 28.0. The standard InChI is InChI=1S/C32H32S/c1-3-5-6-21-7-9-23(10-8-21)24-15-16-29(22(4-2)17-24)27-13-11-26-19-28(14-12-25(26)18-27)31-32-30-20-33(30,31)32/h7-19,30-32H,3-6,20H2,1-2H3. The minimum absolute atomic E-state index is 0.0399. The van der Waals surface area contributed by atoms with Gasteiger partial charge in [0.2, 0.25) is 0 Å². The summed E-state index contributed by atoms with van der Waals surface area (Å²) in [5, 5.41) is 6.11. The van der Waals surface area contributed by atoms with Crippen molar-refractivity contribution in [1.82, 2.24) is 0 Å². The molecule has 4 aromatic carbocycles. The molecule has 0 bridgehead atoms. The molecule has 0 aromatic heterocycles. The Balaban J connectivity index is 1.17. The van der Waals surface area contributed by atoms with E-state index in [1.54, 1.807) is 11.3 Å². The van der Waals surface area contributed by atoms with Gasteiger partial charge in [0.15, 0.2) is 0 Å². The molecular formula is C32H32S. The first-order valence-corrected chi connectivity index (χ1v) is 14.8. The summed E-state index contributed by atoms with van der Waals surface area (Å²) in [5.41, 5.74) is 9.87. The third kappa shape index (κ3) is 3.05. The molecule has 0 nitrogen and oxygen atoms in total. The van der Waals surface area contributed by atoms with E-state index in [-0.39, 0.29) is 10.0 Å². The van der Waals surface area contributed by atoms with Gasteiger partial charge >= 0.3 is 0 Å². The molecule has 3 saturated heterocycles. The molecule has 0 saturated carbocycles. The van der Waals surface area contributed by atoms with Crippen LogP contribution in [0, 0.1) is 0 Å². The number of rotatable bonds is 7. The lowest BCUT2D eigenvalue weighted by molar-refractivity contribution is 0.795. The SMILES string of the molecule is CCCCc1ccc(-c2ccc(-c3ccc4cc(C5C6C7CS756)ccc4c3)c(CC)c2)cc1. The Morgan fingerprint density at radius 3 is 2.21 bits per heavy atom. The Morgan fingerprint density at radius 1 is 0.758 bits per heavy atom. The Labute approximate surface area is 199 Å². The summed E-state index contributed by atoms with van der Waals surface area (Å²) < 4.78 is 0. The number of aryl methyl sites for hydroxylation is 2. The van der Waals surface area contributed by atoms with Crippen LogP contribution in [0.25, 0.3) is 33.0 Å². The summed E-state index contributed by atoms with van der Waals surface area (Å²) in [6.07, 6.45) is 4.75. The summed E-state index contributed by atoms with van der Waals surface area (Å²) in [7, 11) is -0.0399. The molecule has 1 heteroatoms. The van der Waals surface area contributed by atoms with Crippen molar-refractivity contribution in [2.75, 3.05) is 5.75 Å². The van der Waals surface area contributed by atoms with Crippen LogP contribution in [0.2, 0.25) is 0 Å². The Bertz CT molecular complexity index is 1380. The zero-order chi connectivity index (χ0) is 22.2. The number of hydrogen-bond donors (Lipinski definition) is 0. The maximum Gasteiger partial charge on any atom is 0.0262 e. The molecule has 0 amide bonds. The molecule has 0 N–H and O–H groups in total. The number of hydrogen-bond acceptors (Lipinski definition) is 0. The van der Waals surface area contributed by atoms with E-state index in [4.69, 9.17) is 0 Å². The van der Waals surface area contributed by atoms with Gasteiger partial charge in [-0.25, -0.2) is 10.0 Å². The van der Waals surface area contributed by atoms with E-state index in [0.29, 0.717) is 0 Å². The van der Waals surface area contributed by atoms with Crippen LogP contribution in [-0.4, -0.2) is 16.3 Å². The van der Waals surface area contributed by atoms with Gasteiger partial charge in [-0.15, -0.1) is 0 Å². The molecular weight excluding hydrogens is 416 g/mol. The highest BCUT2D eigenvalue weighted by Crippen LogP contribution is 3.14. The van der Waals surface area contributed by atoms with Gasteiger partial charge in [0.05, 0.1) is 0 Å². The predicted octanol–water partition coefficient (Wildman–Crippen LogP) is 8.70. The van der Waals surface area contributed by atoms with Crippen LogP contribution in [-0.2, 0) is 12.8 Å². The van der Waals surface area contributed by atoms with Gasteiger partial charge < -0.3 is 0 Å². The van der Waals surface area contributed by atoms with Crippen molar-refractivity contribution in [2.45, 2.75) is 55.3 Å². The minimum atomic E-state index is -0.0399. The van der Waals surface area contributed by atoms with Crippen molar-refractivity contribution in [3.63, 3.8) is 0 Å². The first-order chi connectivity index (χ1) is 16.2. The molecule has 3 fully saturated rings. The molecule has 0 aliphatic carbocycles. The molecule has 3 heterocycles. The molecule has 3 aliphatic rings. The lowest BCUT2D eigenvalue weighted by atomic mass is 9.92. The van der Waals surface area contributed by atoms with E-state index in [9.17, 15) is 0 Å².